The van der Waals surface area contributed by atoms with Crippen molar-refractivity contribution in [2.24, 2.45) is 0 Å². The highest BCUT2D eigenvalue weighted by Gasteiger charge is 2.25. The summed E-state index contributed by atoms with van der Waals surface area (Å²) in [7, 11) is 2.22. The molecule has 0 fully saturated rings. The molecule has 1 heteroatoms. The molecule has 1 atom stereocenters. The van der Waals surface area contributed by atoms with Crippen LogP contribution in [0.2, 0.25) is 0 Å². The molecule has 0 saturated carbocycles. The largest absolute Gasteiger partial charge is 0.301 e. The Morgan fingerprint density at radius 3 is 2.47 bits per heavy atom. The summed E-state index contributed by atoms with van der Waals surface area (Å²) in [5.41, 5.74) is 7.35. The highest BCUT2D eigenvalue weighted by Crippen LogP contribution is 2.35. The van der Waals surface area contributed by atoms with Gasteiger partial charge in [-0.15, -0.1) is 0 Å². The van der Waals surface area contributed by atoms with Crippen molar-refractivity contribution in [1.82, 2.24) is 4.90 Å². The third-order valence-corrected chi connectivity index (χ3v) is 4.41. The first-order valence-electron chi connectivity index (χ1n) is 6.99. The van der Waals surface area contributed by atoms with Gasteiger partial charge in [-0.25, -0.2) is 0 Å². The van der Waals surface area contributed by atoms with Crippen molar-refractivity contribution in [3.63, 3.8) is 0 Å². The Labute approximate surface area is 115 Å². The molecule has 0 aliphatic carbocycles. The van der Waals surface area contributed by atoms with E-state index >= 15 is 0 Å². The maximum Gasteiger partial charge on any atom is 0.0236 e. The summed E-state index contributed by atoms with van der Waals surface area (Å²) >= 11 is 0. The van der Waals surface area contributed by atoms with Crippen molar-refractivity contribution in [3.05, 3.63) is 70.3 Å². The van der Waals surface area contributed by atoms with Crippen LogP contribution in [0.25, 0.3) is 0 Å². The lowest BCUT2D eigenvalue weighted by molar-refractivity contribution is 0.294. The smallest absolute Gasteiger partial charge is 0.0236 e. The van der Waals surface area contributed by atoms with Crippen molar-refractivity contribution < 1.29 is 0 Å². The van der Waals surface area contributed by atoms with Crippen LogP contribution in [0.15, 0.2) is 42.5 Å². The molecule has 2 aromatic rings. The molecule has 0 bridgehead atoms. The SMILES string of the molecule is Cc1ccc2c(c1C)CN(C)C[C@@H]2c1ccccc1. The molecule has 2 aromatic carbocycles. The van der Waals surface area contributed by atoms with Crippen molar-refractivity contribution in [1.29, 1.82) is 0 Å². The minimum atomic E-state index is 0.509. The molecule has 0 spiro atoms. The van der Waals surface area contributed by atoms with Gasteiger partial charge in [-0.05, 0) is 48.7 Å². The fourth-order valence-corrected chi connectivity index (χ4v) is 3.15. The Morgan fingerprint density at radius 1 is 1.00 bits per heavy atom. The molecule has 0 amide bonds. The number of aryl methyl sites for hydroxylation is 1. The standard InChI is InChI=1S/C18H21N/c1-13-9-10-16-17(14(13)2)11-19(3)12-18(16)15-7-5-4-6-8-15/h4-10,18H,11-12H2,1-3H3/t18-/m1/s1. The van der Waals surface area contributed by atoms with Gasteiger partial charge in [-0.1, -0.05) is 42.5 Å². The van der Waals surface area contributed by atoms with Crippen LogP contribution in [-0.2, 0) is 6.54 Å². The van der Waals surface area contributed by atoms with Crippen LogP contribution in [0.4, 0.5) is 0 Å². The van der Waals surface area contributed by atoms with Gasteiger partial charge in [0.25, 0.3) is 0 Å². The van der Waals surface area contributed by atoms with Gasteiger partial charge in [0.15, 0.2) is 0 Å². The van der Waals surface area contributed by atoms with E-state index < -0.39 is 0 Å². The van der Waals surface area contributed by atoms with Crippen molar-refractivity contribution in [3.8, 4) is 0 Å². The maximum absolute atomic E-state index is 2.44. The first kappa shape index (κ1) is 12.4. The van der Waals surface area contributed by atoms with E-state index in [1.54, 1.807) is 0 Å². The second-order valence-electron chi connectivity index (χ2n) is 5.74. The number of hydrogen-bond donors (Lipinski definition) is 0. The van der Waals surface area contributed by atoms with E-state index in [-0.39, 0.29) is 0 Å². The number of rotatable bonds is 1. The molecule has 1 heterocycles. The van der Waals surface area contributed by atoms with E-state index in [1.165, 1.54) is 27.8 Å². The second kappa shape index (κ2) is 4.82. The van der Waals surface area contributed by atoms with Crippen molar-refractivity contribution in [2.75, 3.05) is 13.6 Å². The number of likely N-dealkylation sites (N-methyl/N-ethyl adjacent to an activating group) is 1. The molecule has 0 N–H and O–H groups in total. The highest BCUT2D eigenvalue weighted by atomic mass is 15.1. The Kier molecular flexibility index (Phi) is 3.16. The summed E-state index contributed by atoms with van der Waals surface area (Å²) in [5, 5.41) is 0. The molecular weight excluding hydrogens is 230 g/mol. The van der Waals surface area contributed by atoms with Crippen molar-refractivity contribution in [2.45, 2.75) is 26.3 Å². The zero-order valence-corrected chi connectivity index (χ0v) is 12.0. The molecular formula is C18H21N. The van der Waals surface area contributed by atoms with E-state index in [9.17, 15) is 0 Å². The molecule has 1 nitrogen and oxygen atoms in total. The van der Waals surface area contributed by atoms with Gasteiger partial charge < -0.3 is 4.90 Å². The summed E-state index contributed by atoms with van der Waals surface area (Å²) in [6.07, 6.45) is 0. The van der Waals surface area contributed by atoms with Crippen molar-refractivity contribution >= 4 is 0 Å². The van der Waals surface area contributed by atoms with E-state index in [0.29, 0.717) is 5.92 Å². The van der Waals surface area contributed by atoms with E-state index in [1.807, 2.05) is 0 Å². The molecule has 1 aliphatic rings. The number of fused-ring (bicyclic) bond motifs is 1. The van der Waals surface area contributed by atoms with Crippen LogP contribution in [0.5, 0.6) is 0 Å². The summed E-state index contributed by atoms with van der Waals surface area (Å²) in [6.45, 7) is 6.66. The van der Waals surface area contributed by atoms with Gasteiger partial charge in [0.1, 0.15) is 0 Å². The van der Waals surface area contributed by atoms with Crippen LogP contribution in [0.1, 0.15) is 33.7 Å². The van der Waals surface area contributed by atoms with E-state index in [2.05, 4.69) is 68.3 Å². The average Bonchev–Trinajstić information content (AvgIpc) is 2.44. The Hall–Kier alpha value is -1.60. The monoisotopic (exact) mass is 251 g/mol. The zero-order valence-electron chi connectivity index (χ0n) is 12.0. The van der Waals surface area contributed by atoms with Gasteiger partial charge in [0, 0.05) is 19.0 Å². The van der Waals surface area contributed by atoms with Crippen LogP contribution >= 0.6 is 0 Å². The summed E-state index contributed by atoms with van der Waals surface area (Å²) in [6, 6.07) is 15.5. The Morgan fingerprint density at radius 2 is 1.74 bits per heavy atom. The maximum atomic E-state index is 2.44. The van der Waals surface area contributed by atoms with E-state index in [0.717, 1.165) is 13.1 Å². The van der Waals surface area contributed by atoms with Gasteiger partial charge in [0.05, 0.1) is 0 Å². The first-order valence-corrected chi connectivity index (χ1v) is 6.99. The molecule has 0 unspecified atom stereocenters. The predicted molar refractivity (Wildman–Crippen MR) is 80.5 cm³/mol. The second-order valence-corrected chi connectivity index (χ2v) is 5.74. The number of hydrogen-bond acceptors (Lipinski definition) is 1. The molecule has 0 saturated heterocycles. The fourth-order valence-electron chi connectivity index (χ4n) is 3.15. The molecule has 1 aliphatic heterocycles. The predicted octanol–water partition coefficient (Wildman–Crippen LogP) is 3.88. The quantitative estimate of drug-likeness (QED) is 0.743. The van der Waals surface area contributed by atoms with Crippen LogP contribution < -0.4 is 0 Å². The number of benzene rings is 2. The van der Waals surface area contributed by atoms with Crippen LogP contribution in [0.3, 0.4) is 0 Å². The van der Waals surface area contributed by atoms with Gasteiger partial charge in [-0.2, -0.15) is 0 Å². The Bertz CT molecular complexity index is 586. The summed E-state index contributed by atoms with van der Waals surface area (Å²) in [5.74, 6) is 0.509. The average molecular weight is 251 g/mol. The van der Waals surface area contributed by atoms with Crippen LogP contribution in [-0.4, -0.2) is 18.5 Å². The zero-order chi connectivity index (χ0) is 13.4. The molecule has 0 aromatic heterocycles. The third-order valence-electron chi connectivity index (χ3n) is 4.41. The Balaban J connectivity index is 2.13. The lowest BCUT2D eigenvalue weighted by atomic mass is 9.82. The number of nitrogens with zero attached hydrogens (tertiary/aromatic N) is 1. The van der Waals surface area contributed by atoms with Gasteiger partial charge in [-0.3, -0.25) is 0 Å². The van der Waals surface area contributed by atoms with Crippen LogP contribution in [0, 0.1) is 13.8 Å². The topological polar surface area (TPSA) is 3.24 Å². The lowest BCUT2D eigenvalue weighted by Gasteiger charge is -2.34. The lowest BCUT2D eigenvalue weighted by Crippen LogP contribution is -2.31. The van der Waals surface area contributed by atoms with Gasteiger partial charge >= 0.3 is 0 Å². The minimum Gasteiger partial charge on any atom is -0.301 e. The molecule has 0 radical (unpaired) electrons. The van der Waals surface area contributed by atoms with E-state index in [4.69, 9.17) is 0 Å². The summed E-state index contributed by atoms with van der Waals surface area (Å²) in [4.78, 5) is 2.44. The fraction of sp³-hybridized carbons (Fsp3) is 0.333. The molecule has 3 rings (SSSR count). The third kappa shape index (κ3) is 2.19. The first-order chi connectivity index (χ1) is 9.16. The minimum absolute atomic E-state index is 0.509. The molecule has 98 valence electrons. The normalized spacial score (nSPS) is 19.2. The molecule has 19 heavy (non-hydrogen) atoms. The highest BCUT2D eigenvalue weighted by molar-refractivity contribution is 5.46. The summed E-state index contributed by atoms with van der Waals surface area (Å²) < 4.78 is 0. The van der Waals surface area contributed by atoms with Gasteiger partial charge in [0.2, 0.25) is 0 Å².